The van der Waals surface area contributed by atoms with E-state index in [2.05, 4.69) is 62.9 Å². The number of benzene rings is 2. The predicted molar refractivity (Wildman–Crippen MR) is 128 cm³/mol. The van der Waals surface area contributed by atoms with E-state index in [4.69, 9.17) is 18.6 Å². The van der Waals surface area contributed by atoms with Gasteiger partial charge in [0.15, 0.2) is 0 Å². The van der Waals surface area contributed by atoms with E-state index in [1.54, 1.807) is 0 Å². The monoisotopic (exact) mass is 487 g/mol. The van der Waals surface area contributed by atoms with Crippen LogP contribution in [0.1, 0.15) is 56.7 Å². The number of aromatic hydroxyl groups is 1. The molecule has 0 bridgehead atoms. The Labute approximate surface area is 194 Å². The van der Waals surface area contributed by atoms with E-state index in [0.717, 1.165) is 24.0 Å². The Balaban J connectivity index is 0.000000941. The fourth-order valence-corrected chi connectivity index (χ4v) is 5.12. The fraction of sp³-hybridized carbons (Fsp3) is 0.478. The van der Waals surface area contributed by atoms with Crippen LogP contribution in [0.25, 0.3) is 0 Å². The molecule has 29 heavy (non-hydrogen) atoms. The standard InChI is InChI=1S/C23H32NOP.2ClH.Ti/c1-16-10-9-11-19(24-12-7-6-8-13-24)22(16)26-20-15-18(23(3,4)5)14-17(2)21(20)25;;;/h9-11,14-15,25-26H,6-8,12-13H2,1-5H3;2*1H;/q;;;+2/p-2. The summed E-state index contributed by atoms with van der Waals surface area (Å²) < 4.78 is 0. The van der Waals surface area contributed by atoms with Crippen LogP contribution in [-0.2, 0) is 22.4 Å². The number of hydrogen-bond donors (Lipinski definition) is 1. The van der Waals surface area contributed by atoms with Gasteiger partial charge >= 0.3 is 35.6 Å². The SMILES string of the molecule is Cc1cc(C(C)(C)C)cc(Pc2c(C)cccc2N2CCCCC2)c1O.[Cl][Ti][Cl]. The summed E-state index contributed by atoms with van der Waals surface area (Å²) in [5.74, 6) is 0.462. The van der Waals surface area contributed by atoms with Gasteiger partial charge in [-0.1, -0.05) is 47.6 Å². The fourth-order valence-electron chi connectivity index (χ4n) is 3.66. The van der Waals surface area contributed by atoms with Gasteiger partial charge < -0.3 is 10.0 Å². The summed E-state index contributed by atoms with van der Waals surface area (Å²) in [5.41, 5.74) is 5.04. The zero-order valence-corrected chi connectivity index (χ0v) is 22.1. The summed E-state index contributed by atoms with van der Waals surface area (Å²) in [4.78, 5) is 2.54. The van der Waals surface area contributed by atoms with Crippen molar-refractivity contribution in [3.8, 4) is 5.75 Å². The molecule has 1 aliphatic rings. The van der Waals surface area contributed by atoms with E-state index >= 15 is 0 Å². The van der Waals surface area contributed by atoms with Crippen LogP contribution in [0.4, 0.5) is 5.69 Å². The predicted octanol–water partition coefficient (Wildman–Crippen LogP) is 6.30. The van der Waals surface area contributed by atoms with Crippen LogP contribution in [0, 0.1) is 13.8 Å². The van der Waals surface area contributed by atoms with Crippen LogP contribution in [0.5, 0.6) is 5.75 Å². The molecule has 2 nitrogen and oxygen atoms in total. The van der Waals surface area contributed by atoms with E-state index in [9.17, 15) is 5.11 Å². The van der Waals surface area contributed by atoms with Gasteiger partial charge in [0.2, 0.25) is 0 Å². The zero-order chi connectivity index (χ0) is 21.6. The number of halogens is 2. The van der Waals surface area contributed by atoms with Gasteiger partial charge in [0, 0.05) is 29.4 Å². The second kappa shape index (κ2) is 11.4. The van der Waals surface area contributed by atoms with Gasteiger partial charge in [0.1, 0.15) is 5.75 Å². The van der Waals surface area contributed by atoms with E-state index in [-0.39, 0.29) is 5.41 Å². The summed E-state index contributed by atoms with van der Waals surface area (Å²) in [6.45, 7) is 13.2. The average molecular weight is 488 g/mol. The maximum absolute atomic E-state index is 10.7. The van der Waals surface area contributed by atoms with Gasteiger partial charge in [0.05, 0.1) is 0 Å². The molecule has 2 aromatic carbocycles. The summed E-state index contributed by atoms with van der Waals surface area (Å²) in [7, 11) is 10.3. The first-order valence-electron chi connectivity index (χ1n) is 10.1. The molecule has 0 spiro atoms. The average Bonchev–Trinajstić information content (AvgIpc) is 2.67. The van der Waals surface area contributed by atoms with E-state index in [1.165, 1.54) is 41.4 Å². The third kappa shape index (κ3) is 6.88. The molecule has 0 amide bonds. The van der Waals surface area contributed by atoms with Crippen molar-refractivity contribution in [2.45, 2.75) is 59.3 Å². The first-order chi connectivity index (χ1) is 13.7. The summed E-state index contributed by atoms with van der Waals surface area (Å²) in [6.07, 6.45) is 3.90. The van der Waals surface area contributed by atoms with Crippen LogP contribution < -0.4 is 15.5 Å². The number of phenols is 1. The van der Waals surface area contributed by atoms with Crippen molar-refractivity contribution in [3.63, 3.8) is 0 Å². The van der Waals surface area contributed by atoms with Crippen molar-refractivity contribution < 1.29 is 22.1 Å². The van der Waals surface area contributed by atoms with Gasteiger partial charge in [-0.2, -0.15) is 0 Å². The van der Waals surface area contributed by atoms with Crippen LogP contribution >= 0.6 is 27.2 Å². The third-order valence-electron chi connectivity index (χ3n) is 5.37. The van der Waals surface area contributed by atoms with Crippen molar-refractivity contribution in [2.75, 3.05) is 18.0 Å². The summed E-state index contributed by atoms with van der Waals surface area (Å²) in [6, 6.07) is 11.0. The van der Waals surface area contributed by atoms with Crippen LogP contribution in [0.2, 0.25) is 0 Å². The molecule has 158 valence electrons. The third-order valence-corrected chi connectivity index (χ3v) is 6.92. The molecule has 0 aromatic heterocycles. The van der Waals surface area contributed by atoms with E-state index < -0.39 is 17.0 Å². The Morgan fingerprint density at radius 2 is 1.62 bits per heavy atom. The number of nitrogens with zero attached hydrogens (tertiary/aromatic N) is 1. The minimum absolute atomic E-state index is 0.0825. The first kappa shape index (κ1) is 25.0. The molecule has 0 aliphatic carbocycles. The topological polar surface area (TPSA) is 23.5 Å². The second-order valence-electron chi connectivity index (χ2n) is 8.65. The number of aryl methyl sites for hydroxylation is 2. The molecule has 1 heterocycles. The molecule has 1 atom stereocenters. The molecular weight excluding hydrogens is 456 g/mol. The Morgan fingerprint density at radius 1 is 1.00 bits per heavy atom. The van der Waals surface area contributed by atoms with Gasteiger partial charge in [-0.05, 0) is 67.3 Å². The van der Waals surface area contributed by atoms with Gasteiger partial charge in [-0.3, -0.25) is 0 Å². The maximum atomic E-state index is 10.7. The number of anilines is 1. The zero-order valence-electron chi connectivity index (χ0n) is 18.1. The number of hydrogen-bond acceptors (Lipinski definition) is 2. The molecule has 1 saturated heterocycles. The van der Waals surface area contributed by atoms with Gasteiger partial charge in [-0.15, -0.1) is 0 Å². The quantitative estimate of drug-likeness (QED) is 0.405. The number of phenolic OH excluding ortho intramolecular Hbond substituents is 1. The van der Waals surface area contributed by atoms with Crippen molar-refractivity contribution in [1.29, 1.82) is 0 Å². The Morgan fingerprint density at radius 3 is 2.21 bits per heavy atom. The minimum atomic E-state index is -0.556. The van der Waals surface area contributed by atoms with Crippen molar-refractivity contribution >= 4 is 43.5 Å². The molecule has 2 aromatic rings. The normalized spacial score (nSPS) is 14.7. The molecule has 0 radical (unpaired) electrons. The Bertz CT molecular complexity index is 817. The van der Waals surface area contributed by atoms with Crippen molar-refractivity contribution in [2.24, 2.45) is 0 Å². The number of piperidine rings is 1. The molecule has 1 unspecified atom stereocenters. The summed E-state index contributed by atoms with van der Waals surface area (Å²) >= 11 is -0.556. The molecule has 6 heteroatoms. The van der Waals surface area contributed by atoms with Gasteiger partial charge in [0.25, 0.3) is 0 Å². The van der Waals surface area contributed by atoms with Gasteiger partial charge in [-0.25, -0.2) is 0 Å². The molecule has 3 rings (SSSR count). The molecule has 1 N–H and O–H groups in total. The Kier molecular flexibility index (Phi) is 9.84. The van der Waals surface area contributed by atoms with E-state index in [1.807, 2.05) is 6.92 Å². The Hall–Kier alpha value is -0.236. The van der Waals surface area contributed by atoms with Crippen LogP contribution in [0.15, 0.2) is 30.3 Å². The summed E-state index contributed by atoms with van der Waals surface area (Å²) in [5, 5.41) is 13.2. The van der Waals surface area contributed by atoms with E-state index in [0.29, 0.717) is 14.3 Å². The second-order valence-corrected chi connectivity index (χ2v) is 12.5. The van der Waals surface area contributed by atoms with Crippen molar-refractivity contribution in [1.82, 2.24) is 0 Å². The molecule has 0 saturated carbocycles. The molecule has 1 fully saturated rings. The molecular formula is C23H32Cl2NOPTi. The van der Waals surface area contributed by atoms with Crippen molar-refractivity contribution in [3.05, 3.63) is 47.0 Å². The van der Waals surface area contributed by atoms with Crippen LogP contribution in [-0.4, -0.2) is 18.2 Å². The first-order valence-corrected chi connectivity index (χ1v) is 15.4. The molecule has 1 aliphatic heterocycles. The number of rotatable bonds is 3. The van der Waals surface area contributed by atoms with Crippen LogP contribution in [0.3, 0.4) is 0 Å².